The Morgan fingerprint density at radius 3 is 2.40 bits per heavy atom. The van der Waals surface area contributed by atoms with Crippen molar-refractivity contribution in [3.8, 4) is 11.3 Å². The Morgan fingerprint density at radius 1 is 1.00 bits per heavy atom. The first-order valence-corrected chi connectivity index (χ1v) is 8.38. The summed E-state index contributed by atoms with van der Waals surface area (Å²) in [5.41, 5.74) is 4.42. The zero-order valence-electron chi connectivity index (χ0n) is 14.2. The molecule has 2 nitrogen and oxygen atoms in total. The third kappa shape index (κ3) is 2.35. The van der Waals surface area contributed by atoms with E-state index < -0.39 is 0 Å². The number of pyridine rings is 1. The third-order valence-corrected chi connectivity index (χ3v) is 4.71. The Kier molecular flexibility index (Phi) is 3.65. The number of nitrogens with zero attached hydrogens (tertiary/aromatic N) is 1. The number of aldehydes is 1. The standard InChI is InChI=1S/C22H18FNO/c1-14(2)20-19(13-25)21(16-7-9-17(23)10-8-16)24-12-11-15-5-3-4-6-18(15)22(20)24/h3-14H,1-2H3. The second kappa shape index (κ2) is 5.85. The highest BCUT2D eigenvalue weighted by Gasteiger charge is 2.22. The highest BCUT2D eigenvalue weighted by molar-refractivity contribution is 6.04. The molecule has 0 amide bonds. The molecule has 0 fully saturated rings. The lowest BCUT2D eigenvalue weighted by Crippen LogP contribution is -1.93. The lowest BCUT2D eigenvalue weighted by Gasteiger charge is -2.08. The molecule has 0 atom stereocenters. The molecule has 0 saturated heterocycles. The van der Waals surface area contributed by atoms with Crippen LogP contribution in [0.1, 0.15) is 35.7 Å². The van der Waals surface area contributed by atoms with Crippen LogP contribution in [-0.4, -0.2) is 10.7 Å². The van der Waals surface area contributed by atoms with E-state index in [0.29, 0.717) is 5.56 Å². The number of fused-ring (bicyclic) bond motifs is 3. The predicted octanol–water partition coefficient (Wildman–Crippen LogP) is 5.83. The minimum absolute atomic E-state index is 0.190. The molecule has 2 heterocycles. The molecule has 0 aliphatic rings. The van der Waals surface area contributed by atoms with Crippen LogP contribution in [0.2, 0.25) is 0 Å². The summed E-state index contributed by atoms with van der Waals surface area (Å²) in [5.74, 6) is -0.0954. The fraction of sp³-hybridized carbons (Fsp3) is 0.136. The predicted molar refractivity (Wildman–Crippen MR) is 99.8 cm³/mol. The van der Waals surface area contributed by atoms with E-state index in [1.54, 1.807) is 12.1 Å². The quantitative estimate of drug-likeness (QED) is 0.432. The van der Waals surface area contributed by atoms with E-state index in [0.717, 1.165) is 39.4 Å². The van der Waals surface area contributed by atoms with Crippen LogP contribution in [0, 0.1) is 5.82 Å². The summed E-state index contributed by atoms with van der Waals surface area (Å²) >= 11 is 0. The fourth-order valence-corrected chi connectivity index (χ4v) is 3.67. The van der Waals surface area contributed by atoms with E-state index in [1.807, 2.05) is 24.4 Å². The first-order chi connectivity index (χ1) is 12.1. The van der Waals surface area contributed by atoms with Gasteiger partial charge in [-0.15, -0.1) is 0 Å². The summed E-state index contributed by atoms with van der Waals surface area (Å²) in [7, 11) is 0. The minimum atomic E-state index is -0.285. The van der Waals surface area contributed by atoms with Crippen molar-refractivity contribution in [3.05, 3.63) is 77.7 Å². The summed E-state index contributed by atoms with van der Waals surface area (Å²) in [6.07, 6.45) is 2.92. The third-order valence-electron chi connectivity index (χ3n) is 4.71. The highest BCUT2D eigenvalue weighted by Crippen LogP contribution is 2.38. The molecule has 0 bridgehead atoms. The Hall–Kier alpha value is -2.94. The first-order valence-electron chi connectivity index (χ1n) is 8.38. The van der Waals surface area contributed by atoms with Crippen LogP contribution in [0.4, 0.5) is 4.39 Å². The number of carbonyl (C=O) groups excluding carboxylic acids is 1. The van der Waals surface area contributed by atoms with E-state index in [4.69, 9.17) is 0 Å². The van der Waals surface area contributed by atoms with Gasteiger partial charge in [0.25, 0.3) is 0 Å². The maximum atomic E-state index is 13.4. The number of hydrogen-bond donors (Lipinski definition) is 0. The fourth-order valence-electron chi connectivity index (χ4n) is 3.67. The summed E-state index contributed by atoms with van der Waals surface area (Å²) in [5, 5.41) is 2.25. The Bertz CT molecular complexity index is 1090. The smallest absolute Gasteiger partial charge is 0.152 e. The Morgan fingerprint density at radius 2 is 1.72 bits per heavy atom. The SMILES string of the molecule is CC(C)c1c(C=O)c(-c2ccc(F)cc2)n2ccc3ccccc3c12. The first kappa shape index (κ1) is 15.6. The molecule has 0 spiro atoms. The van der Waals surface area contributed by atoms with Gasteiger partial charge in [0.1, 0.15) is 5.82 Å². The van der Waals surface area contributed by atoms with Gasteiger partial charge in [-0.05, 0) is 52.8 Å². The van der Waals surface area contributed by atoms with E-state index in [-0.39, 0.29) is 11.7 Å². The molecule has 4 rings (SSSR count). The van der Waals surface area contributed by atoms with Crippen molar-refractivity contribution in [3.63, 3.8) is 0 Å². The zero-order valence-corrected chi connectivity index (χ0v) is 14.2. The zero-order chi connectivity index (χ0) is 17.6. The van der Waals surface area contributed by atoms with Crippen molar-refractivity contribution in [1.82, 2.24) is 4.40 Å². The minimum Gasteiger partial charge on any atom is -0.315 e. The lowest BCUT2D eigenvalue weighted by atomic mass is 9.96. The van der Waals surface area contributed by atoms with Crippen molar-refractivity contribution >= 4 is 22.6 Å². The molecule has 124 valence electrons. The van der Waals surface area contributed by atoms with Gasteiger partial charge < -0.3 is 4.40 Å². The second-order valence-corrected chi connectivity index (χ2v) is 6.58. The molecule has 4 aromatic rings. The molecule has 2 aromatic carbocycles. The van der Waals surface area contributed by atoms with Crippen LogP contribution in [0.25, 0.3) is 27.5 Å². The van der Waals surface area contributed by atoms with Crippen LogP contribution in [0.3, 0.4) is 0 Å². The van der Waals surface area contributed by atoms with Crippen molar-refractivity contribution in [2.45, 2.75) is 19.8 Å². The number of aromatic nitrogens is 1. The maximum Gasteiger partial charge on any atom is 0.152 e. The van der Waals surface area contributed by atoms with Gasteiger partial charge in [0.2, 0.25) is 0 Å². The molecule has 0 aliphatic heterocycles. The van der Waals surface area contributed by atoms with Gasteiger partial charge in [-0.2, -0.15) is 0 Å². The van der Waals surface area contributed by atoms with Gasteiger partial charge in [0.05, 0.1) is 11.2 Å². The largest absolute Gasteiger partial charge is 0.315 e. The topological polar surface area (TPSA) is 21.5 Å². The van der Waals surface area contributed by atoms with E-state index in [1.165, 1.54) is 12.1 Å². The summed E-state index contributed by atoms with van der Waals surface area (Å²) in [6, 6.07) is 16.5. The number of halogens is 1. The number of rotatable bonds is 3. The van der Waals surface area contributed by atoms with Crippen molar-refractivity contribution in [2.75, 3.05) is 0 Å². The van der Waals surface area contributed by atoms with Crippen molar-refractivity contribution in [2.24, 2.45) is 0 Å². The van der Waals surface area contributed by atoms with Gasteiger partial charge in [-0.25, -0.2) is 4.39 Å². The molecular weight excluding hydrogens is 313 g/mol. The van der Waals surface area contributed by atoms with Crippen LogP contribution < -0.4 is 0 Å². The van der Waals surface area contributed by atoms with Gasteiger partial charge in [-0.3, -0.25) is 4.79 Å². The van der Waals surface area contributed by atoms with Crippen LogP contribution >= 0.6 is 0 Å². The average molecular weight is 331 g/mol. The number of benzene rings is 2. The number of carbonyl (C=O) groups is 1. The van der Waals surface area contributed by atoms with Crippen LogP contribution in [0.15, 0.2) is 60.8 Å². The molecule has 0 unspecified atom stereocenters. The van der Waals surface area contributed by atoms with Crippen molar-refractivity contribution < 1.29 is 9.18 Å². The maximum absolute atomic E-state index is 13.4. The van der Waals surface area contributed by atoms with Gasteiger partial charge in [0.15, 0.2) is 6.29 Å². The number of hydrogen-bond acceptors (Lipinski definition) is 1. The molecule has 2 aromatic heterocycles. The average Bonchev–Trinajstić information content (AvgIpc) is 2.97. The van der Waals surface area contributed by atoms with Crippen molar-refractivity contribution in [1.29, 1.82) is 0 Å². The highest BCUT2D eigenvalue weighted by atomic mass is 19.1. The molecular formula is C22H18FNO. The summed E-state index contributed by atoms with van der Waals surface area (Å²) < 4.78 is 15.4. The van der Waals surface area contributed by atoms with Gasteiger partial charge in [0, 0.05) is 17.1 Å². The molecule has 3 heteroatoms. The summed E-state index contributed by atoms with van der Waals surface area (Å²) in [4.78, 5) is 12.0. The molecule has 0 aliphatic carbocycles. The Labute approximate surface area is 145 Å². The normalized spacial score (nSPS) is 11.5. The monoisotopic (exact) mass is 331 g/mol. The van der Waals surface area contributed by atoms with Gasteiger partial charge in [-0.1, -0.05) is 38.1 Å². The lowest BCUT2D eigenvalue weighted by molar-refractivity contribution is 0.112. The molecule has 0 saturated carbocycles. The molecule has 0 N–H and O–H groups in total. The van der Waals surface area contributed by atoms with Gasteiger partial charge >= 0.3 is 0 Å². The van der Waals surface area contributed by atoms with Crippen LogP contribution in [0.5, 0.6) is 0 Å². The molecule has 0 radical (unpaired) electrons. The van der Waals surface area contributed by atoms with Crippen LogP contribution in [-0.2, 0) is 0 Å². The molecule has 25 heavy (non-hydrogen) atoms. The second-order valence-electron chi connectivity index (χ2n) is 6.58. The van der Waals surface area contributed by atoms with E-state index >= 15 is 0 Å². The van der Waals surface area contributed by atoms with E-state index in [2.05, 4.69) is 30.4 Å². The summed E-state index contributed by atoms with van der Waals surface area (Å²) in [6.45, 7) is 4.19. The Balaban J connectivity index is 2.21. The van der Waals surface area contributed by atoms with E-state index in [9.17, 15) is 9.18 Å².